The SMILES string of the molecule is COc1ncnc(OC)c1CNCC1(C)CCN(C)CC1. The molecule has 2 rings (SSSR count). The Hall–Kier alpha value is -1.40. The highest BCUT2D eigenvalue weighted by atomic mass is 16.5. The Morgan fingerprint density at radius 3 is 2.29 bits per heavy atom. The van der Waals surface area contributed by atoms with Crippen LogP contribution in [0.2, 0.25) is 0 Å². The molecule has 0 spiro atoms. The van der Waals surface area contributed by atoms with Crippen molar-refractivity contribution in [3.63, 3.8) is 0 Å². The Bertz CT molecular complexity index is 437. The summed E-state index contributed by atoms with van der Waals surface area (Å²) in [5, 5.41) is 3.52. The standard InChI is InChI=1S/C15H26N4O2/c1-15(5-7-19(2)8-6-15)10-16-9-12-13(20-3)17-11-18-14(12)21-4/h11,16H,5-10H2,1-4H3. The lowest BCUT2D eigenvalue weighted by Crippen LogP contribution is -2.41. The fourth-order valence-electron chi connectivity index (χ4n) is 2.71. The molecule has 6 nitrogen and oxygen atoms in total. The predicted octanol–water partition coefficient (Wildman–Crippen LogP) is 1.32. The van der Waals surface area contributed by atoms with E-state index in [0.717, 1.165) is 12.1 Å². The van der Waals surface area contributed by atoms with Crippen LogP contribution < -0.4 is 14.8 Å². The van der Waals surface area contributed by atoms with Gasteiger partial charge >= 0.3 is 0 Å². The van der Waals surface area contributed by atoms with E-state index >= 15 is 0 Å². The molecule has 6 heteroatoms. The first-order valence-electron chi connectivity index (χ1n) is 7.39. The third kappa shape index (κ3) is 4.04. The summed E-state index contributed by atoms with van der Waals surface area (Å²) in [6, 6.07) is 0. The Labute approximate surface area is 126 Å². The molecule has 2 heterocycles. The molecule has 0 aromatic carbocycles. The molecular weight excluding hydrogens is 268 g/mol. The van der Waals surface area contributed by atoms with Crippen molar-refractivity contribution in [3.8, 4) is 11.8 Å². The van der Waals surface area contributed by atoms with Gasteiger partial charge in [0.25, 0.3) is 0 Å². The van der Waals surface area contributed by atoms with Gasteiger partial charge in [-0.1, -0.05) is 6.92 Å². The average molecular weight is 294 g/mol. The van der Waals surface area contributed by atoms with E-state index in [4.69, 9.17) is 9.47 Å². The first-order chi connectivity index (χ1) is 10.1. The molecule has 118 valence electrons. The monoisotopic (exact) mass is 294 g/mol. The van der Waals surface area contributed by atoms with Gasteiger partial charge in [-0.05, 0) is 38.4 Å². The smallest absolute Gasteiger partial charge is 0.224 e. The van der Waals surface area contributed by atoms with Crippen molar-refractivity contribution in [2.75, 3.05) is 40.9 Å². The topological polar surface area (TPSA) is 59.5 Å². The largest absolute Gasteiger partial charge is 0.481 e. The summed E-state index contributed by atoms with van der Waals surface area (Å²) >= 11 is 0. The molecule has 1 aromatic rings. The number of hydrogen-bond donors (Lipinski definition) is 1. The predicted molar refractivity (Wildman–Crippen MR) is 81.7 cm³/mol. The van der Waals surface area contributed by atoms with Gasteiger partial charge in [-0.25, -0.2) is 9.97 Å². The van der Waals surface area contributed by atoms with Crippen molar-refractivity contribution < 1.29 is 9.47 Å². The molecule has 0 aliphatic carbocycles. The van der Waals surface area contributed by atoms with Crippen LogP contribution in [-0.2, 0) is 6.54 Å². The molecule has 0 amide bonds. The quantitative estimate of drug-likeness (QED) is 0.854. The van der Waals surface area contributed by atoms with Crippen LogP contribution in [0, 0.1) is 5.41 Å². The Balaban J connectivity index is 1.94. The summed E-state index contributed by atoms with van der Waals surface area (Å²) in [6.07, 6.45) is 3.89. The van der Waals surface area contributed by atoms with Gasteiger partial charge in [0.15, 0.2) is 0 Å². The minimum atomic E-state index is 0.350. The lowest BCUT2D eigenvalue weighted by atomic mass is 9.80. The van der Waals surface area contributed by atoms with Crippen LogP contribution in [0.4, 0.5) is 0 Å². The fraction of sp³-hybridized carbons (Fsp3) is 0.733. The number of piperidine rings is 1. The zero-order valence-corrected chi connectivity index (χ0v) is 13.5. The van der Waals surface area contributed by atoms with Crippen LogP contribution in [0.3, 0.4) is 0 Å². The Kier molecular flexibility index (Phi) is 5.36. The Morgan fingerprint density at radius 2 is 1.76 bits per heavy atom. The van der Waals surface area contributed by atoms with E-state index in [0.29, 0.717) is 23.7 Å². The van der Waals surface area contributed by atoms with Crippen molar-refractivity contribution in [2.45, 2.75) is 26.3 Å². The zero-order valence-electron chi connectivity index (χ0n) is 13.5. The molecule has 1 aromatic heterocycles. The van der Waals surface area contributed by atoms with E-state index in [1.807, 2.05) is 0 Å². The summed E-state index contributed by atoms with van der Waals surface area (Å²) in [5.41, 5.74) is 1.22. The van der Waals surface area contributed by atoms with Gasteiger partial charge in [-0.3, -0.25) is 0 Å². The van der Waals surface area contributed by atoms with E-state index in [1.54, 1.807) is 14.2 Å². The second-order valence-electron chi connectivity index (χ2n) is 6.09. The van der Waals surface area contributed by atoms with E-state index in [-0.39, 0.29) is 0 Å². The molecule has 21 heavy (non-hydrogen) atoms. The van der Waals surface area contributed by atoms with Gasteiger partial charge < -0.3 is 19.7 Å². The van der Waals surface area contributed by atoms with E-state index in [1.165, 1.54) is 32.3 Å². The number of ether oxygens (including phenoxy) is 2. The average Bonchev–Trinajstić information content (AvgIpc) is 2.50. The second kappa shape index (κ2) is 7.04. The summed E-state index contributed by atoms with van der Waals surface area (Å²) in [5.74, 6) is 1.14. The lowest BCUT2D eigenvalue weighted by molar-refractivity contribution is 0.136. The van der Waals surface area contributed by atoms with Crippen LogP contribution in [-0.4, -0.2) is 55.8 Å². The molecule has 0 radical (unpaired) electrons. The van der Waals surface area contributed by atoms with E-state index in [9.17, 15) is 0 Å². The minimum Gasteiger partial charge on any atom is -0.481 e. The van der Waals surface area contributed by atoms with Crippen molar-refractivity contribution in [1.82, 2.24) is 20.2 Å². The number of methoxy groups -OCH3 is 2. The van der Waals surface area contributed by atoms with Gasteiger partial charge in [0.2, 0.25) is 11.8 Å². The van der Waals surface area contributed by atoms with Crippen LogP contribution in [0.1, 0.15) is 25.3 Å². The summed E-state index contributed by atoms with van der Waals surface area (Å²) in [7, 11) is 5.41. The summed E-state index contributed by atoms with van der Waals surface area (Å²) in [4.78, 5) is 10.7. The van der Waals surface area contributed by atoms with Gasteiger partial charge in [-0.2, -0.15) is 0 Å². The molecule has 1 aliphatic heterocycles. The molecule has 0 saturated carbocycles. The van der Waals surface area contributed by atoms with Crippen LogP contribution in [0.25, 0.3) is 0 Å². The first-order valence-corrected chi connectivity index (χ1v) is 7.39. The normalized spacial score (nSPS) is 18.5. The minimum absolute atomic E-state index is 0.350. The maximum atomic E-state index is 5.29. The summed E-state index contributed by atoms with van der Waals surface area (Å²) < 4.78 is 10.6. The molecule has 0 unspecified atom stereocenters. The molecule has 1 N–H and O–H groups in total. The third-order valence-corrected chi connectivity index (χ3v) is 4.30. The number of aromatic nitrogens is 2. The van der Waals surface area contributed by atoms with E-state index in [2.05, 4.69) is 34.2 Å². The van der Waals surface area contributed by atoms with Crippen molar-refractivity contribution in [3.05, 3.63) is 11.9 Å². The first kappa shape index (κ1) is 16.0. The van der Waals surface area contributed by atoms with Gasteiger partial charge in [-0.15, -0.1) is 0 Å². The zero-order chi connectivity index (χ0) is 15.3. The van der Waals surface area contributed by atoms with Gasteiger partial charge in [0.1, 0.15) is 6.33 Å². The third-order valence-electron chi connectivity index (χ3n) is 4.30. The molecule has 1 fully saturated rings. The molecule has 1 aliphatic rings. The van der Waals surface area contributed by atoms with Crippen LogP contribution in [0.5, 0.6) is 11.8 Å². The lowest BCUT2D eigenvalue weighted by Gasteiger charge is -2.38. The molecule has 0 bridgehead atoms. The van der Waals surface area contributed by atoms with Gasteiger partial charge in [0, 0.05) is 13.1 Å². The number of hydrogen-bond acceptors (Lipinski definition) is 6. The van der Waals surface area contributed by atoms with Crippen molar-refractivity contribution >= 4 is 0 Å². The highest BCUT2D eigenvalue weighted by molar-refractivity contribution is 5.34. The molecule has 1 saturated heterocycles. The second-order valence-corrected chi connectivity index (χ2v) is 6.09. The molecule has 0 atom stereocenters. The number of nitrogens with zero attached hydrogens (tertiary/aromatic N) is 3. The number of likely N-dealkylation sites (tertiary alicyclic amines) is 1. The maximum Gasteiger partial charge on any atom is 0.224 e. The Morgan fingerprint density at radius 1 is 1.19 bits per heavy atom. The van der Waals surface area contributed by atoms with Gasteiger partial charge in [0.05, 0.1) is 19.8 Å². The van der Waals surface area contributed by atoms with Crippen molar-refractivity contribution in [2.24, 2.45) is 5.41 Å². The number of rotatable bonds is 6. The van der Waals surface area contributed by atoms with Crippen LogP contribution >= 0.6 is 0 Å². The van der Waals surface area contributed by atoms with Crippen molar-refractivity contribution in [1.29, 1.82) is 0 Å². The highest BCUT2D eigenvalue weighted by Gasteiger charge is 2.28. The maximum absolute atomic E-state index is 5.29. The highest BCUT2D eigenvalue weighted by Crippen LogP contribution is 2.30. The fourth-order valence-corrected chi connectivity index (χ4v) is 2.71. The van der Waals surface area contributed by atoms with E-state index < -0.39 is 0 Å². The van der Waals surface area contributed by atoms with Crippen LogP contribution in [0.15, 0.2) is 6.33 Å². The number of nitrogens with one attached hydrogen (secondary N) is 1. The molecular formula is C15H26N4O2. The summed E-state index contributed by atoms with van der Waals surface area (Å²) in [6.45, 7) is 6.31.